The number of halogens is 1. The van der Waals surface area contributed by atoms with Crippen molar-refractivity contribution >= 4 is 17.7 Å². The van der Waals surface area contributed by atoms with E-state index in [1.54, 1.807) is 18.3 Å². The zero-order chi connectivity index (χ0) is 21.0. The number of nitrogens with one attached hydrogen (secondary N) is 1. The average Bonchev–Trinajstić information content (AvgIpc) is 3.41. The van der Waals surface area contributed by atoms with Gasteiger partial charge in [-0.05, 0) is 49.6 Å². The molecule has 1 aromatic carbocycles. The molecule has 0 spiro atoms. The van der Waals surface area contributed by atoms with Crippen LogP contribution in [-0.2, 0) is 11.2 Å². The minimum absolute atomic E-state index is 0.142. The Morgan fingerprint density at radius 3 is 2.70 bits per heavy atom. The summed E-state index contributed by atoms with van der Waals surface area (Å²) in [4.78, 5) is 17.4. The number of aryl methyl sites for hydroxylation is 1. The van der Waals surface area contributed by atoms with Crippen LogP contribution in [-0.4, -0.2) is 22.6 Å². The van der Waals surface area contributed by atoms with E-state index in [4.69, 9.17) is 4.52 Å². The Balaban J connectivity index is 1.46. The zero-order valence-electron chi connectivity index (χ0n) is 16.9. The SMILES string of the molecule is Cc1cc(CSc2ncccc2C(=O)NCC2(c3ccc(F)cc3)CCCC2)no1. The number of amides is 1. The van der Waals surface area contributed by atoms with Crippen molar-refractivity contribution in [3.63, 3.8) is 0 Å². The lowest BCUT2D eigenvalue weighted by Crippen LogP contribution is -2.39. The molecule has 1 N–H and O–H groups in total. The number of pyridine rings is 1. The highest BCUT2D eigenvalue weighted by molar-refractivity contribution is 7.98. The Morgan fingerprint density at radius 2 is 2.00 bits per heavy atom. The third-order valence-electron chi connectivity index (χ3n) is 5.65. The first-order chi connectivity index (χ1) is 14.6. The van der Waals surface area contributed by atoms with Gasteiger partial charge < -0.3 is 9.84 Å². The fraction of sp³-hybridized carbons (Fsp3) is 0.348. The Labute approximate surface area is 179 Å². The molecule has 5 nitrogen and oxygen atoms in total. The maximum atomic E-state index is 13.4. The van der Waals surface area contributed by atoms with Gasteiger partial charge in [0.25, 0.3) is 5.91 Å². The molecule has 0 radical (unpaired) electrons. The van der Waals surface area contributed by atoms with Crippen LogP contribution in [0.2, 0.25) is 0 Å². The number of hydrogen-bond acceptors (Lipinski definition) is 5. The molecule has 30 heavy (non-hydrogen) atoms. The molecule has 0 aliphatic heterocycles. The van der Waals surface area contributed by atoms with E-state index in [-0.39, 0.29) is 17.1 Å². The number of rotatable bonds is 7. The van der Waals surface area contributed by atoms with Crippen molar-refractivity contribution in [1.29, 1.82) is 0 Å². The number of nitrogens with zero attached hydrogens (tertiary/aromatic N) is 2. The fourth-order valence-electron chi connectivity index (χ4n) is 4.07. The molecule has 2 heterocycles. The summed E-state index contributed by atoms with van der Waals surface area (Å²) in [5.74, 6) is 0.951. The second kappa shape index (κ2) is 9.00. The first-order valence-electron chi connectivity index (χ1n) is 10.1. The molecule has 0 saturated heterocycles. The maximum Gasteiger partial charge on any atom is 0.254 e. The van der Waals surface area contributed by atoms with E-state index in [0.29, 0.717) is 22.9 Å². The summed E-state index contributed by atoms with van der Waals surface area (Å²) in [6, 6.07) is 12.1. The van der Waals surface area contributed by atoms with E-state index in [2.05, 4.69) is 15.5 Å². The van der Waals surface area contributed by atoms with Crippen LogP contribution in [0, 0.1) is 12.7 Å². The van der Waals surface area contributed by atoms with Crippen LogP contribution in [0.1, 0.15) is 53.1 Å². The minimum Gasteiger partial charge on any atom is -0.361 e. The van der Waals surface area contributed by atoms with Crippen LogP contribution >= 0.6 is 11.8 Å². The van der Waals surface area contributed by atoms with Crippen LogP contribution in [0.4, 0.5) is 4.39 Å². The van der Waals surface area contributed by atoms with Crippen molar-refractivity contribution < 1.29 is 13.7 Å². The van der Waals surface area contributed by atoms with Gasteiger partial charge in [0.15, 0.2) is 0 Å². The van der Waals surface area contributed by atoms with Crippen LogP contribution in [0.15, 0.2) is 58.2 Å². The molecule has 1 amide bonds. The van der Waals surface area contributed by atoms with E-state index in [1.165, 1.54) is 23.9 Å². The van der Waals surface area contributed by atoms with Gasteiger partial charge in [0, 0.05) is 30.0 Å². The first-order valence-corrected chi connectivity index (χ1v) is 11.1. The molecule has 0 unspecified atom stereocenters. The molecule has 0 bridgehead atoms. The van der Waals surface area contributed by atoms with Crippen molar-refractivity contribution in [2.75, 3.05) is 6.54 Å². The topological polar surface area (TPSA) is 68.0 Å². The molecule has 1 aliphatic rings. The van der Waals surface area contributed by atoms with Gasteiger partial charge in [-0.2, -0.15) is 0 Å². The predicted molar refractivity (Wildman–Crippen MR) is 114 cm³/mol. The van der Waals surface area contributed by atoms with Crippen molar-refractivity contribution in [3.05, 3.63) is 77.1 Å². The predicted octanol–water partition coefficient (Wildman–Crippen LogP) is 5.05. The Bertz CT molecular complexity index is 1010. The largest absolute Gasteiger partial charge is 0.361 e. The quantitative estimate of drug-likeness (QED) is 0.537. The summed E-state index contributed by atoms with van der Waals surface area (Å²) in [5.41, 5.74) is 2.31. The third kappa shape index (κ3) is 4.56. The molecule has 1 aliphatic carbocycles. The summed E-state index contributed by atoms with van der Waals surface area (Å²) in [6.45, 7) is 2.37. The molecular weight excluding hydrogens is 401 g/mol. The summed E-state index contributed by atoms with van der Waals surface area (Å²) in [5, 5.41) is 7.77. The molecular formula is C23H24FN3O2S. The van der Waals surface area contributed by atoms with E-state index in [9.17, 15) is 9.18 Å². The van der Waals surface area contributed by atoms with E-state index in [0.717, 1.165) is 42.7 Å². The van der Waals surface area contributed by atoms with Crippen molar-refractivity contribution in [2.24, 2.45) is 0 Å². The number of benzene rings is 1. The molecule has 2 aromatic heterocycles. The van der Waals surface area contributed by atoms with Gasteiger partial charge in [-0.15, -0.1) is 0 Å². The van der Waals surface area contributed by atoms with Gasteiger partial charge in [0.05, 0.1) is 11.3 Å². The Morgan fingerprint density at radius 1 is 1.23 bits per heavy atom. The molecule has 7 heteroatoms. The van der Waals surface area contributed by atoms with Gasteiger partial charge >= 0.3 is 0 Å². The van der Waals surface area contributed by atoms with Crippen molar-refractivity contribution in [2.45, 2.75) is 48.8 Å². The van der Waals surface area contributed by atoms with Gasteiger partial charge in [-0.1, -0.05) is 41.9 Å². The van der Waals surface area contributed by atoms with Gasteiger partial charge in [0.2, 0.25) is 0 Å². The van der Waals surface area contributed by atoms with E-state index in [1.807, 2.05) is 25.1 Å². The third-order valence-corrected chi connectivity index (χ3v) is 6.69. The second-order valence-corrected chi connectivity index (χ2v) is 8.71. The smallest absolute Gasteiger partial charge is 0.254 e. The van der Waals surface area contributed by atoms with Gasteiger partial charge in [0.1, 0.15) is 16.6 Å². The molecule has 1 saturated carbocycles. The van der Waals surface area contributed by atoms with Crippen LogP contribution in [0.3, 0.4) is 0 Å². The van der Waals surface area contributed by atoms with Crippen molar-refractivity contribution in [3.8, 4) is 0 Å². The average molecular weight is 426 g/mol. The summed E-state index contributed by atoms with van der Waals surface area (Å²) < 4.78 is 18.5. The number of carbonyl (C=O) groups excluding carboxylic acids is 1. The summed E-state index contributed by atoms with van der Waals surface area (Å²) >= 11 is 1.46. The highest BCUT2D eigenvalue weighted by atomic mass is 32.2. The molecule has 156 valence electrons. The monoisotopic (exact) mass is 425 g/mol. The fourth-order valence-corrected chi connectivity index (χ4v) is 4.95. The number of thioether (sulfide) groups is 1. The molecule has 3 aromatic rings. The molecule has 0 atom stereocenters. The lowest BCUT2D eigenvalue weighted by Gasteiger charge is -2.30. The normalized spacial score (nSPS) is 15.3. The number of hydrogen-bond donors (Lipinski definition) is 1. The second-order valence-electron chi connectivity index (χ2n) is 7.75. The Kier molecular flexibility index (Phi) is 6.18. The molecule has 1 fully saturated rings. The Hall–Kier alpha value is -2.67. The first kappa shape index (κ1) is 20.6. The maximum absolute atomic E-state index is 13.4. The van der Waals surface area contributed by atoms with Gasteiger partial charge in [-0.3, -0.25) is 4.79 Å². The number of aromatic nitrogens is 2. The molecule has 4 rings (SSSR count). The van der Waals surface area contributed by atoms with Crippen LogP contribution in [0.25, 0.3) is 0 Å². The number of carbonyl (C=O) groups is 1. The van der Waals surface area contributed by atoms with Crippen LogP contribution in [0.5, 0.6) is 0 Å². The lowest BCUT2D eigenvalue weighted by molar-refractivity contribution is 0.0939. The van der Waals surface area contributed by atoms with Gasteiger partial charge in [-0.25, -0.2) is 9.37 Å². The lowest BCUT2D eigenvalue weighted by atomic mass is 9.78. The summed E-state index contributed by atoms with van der Waals surface area (Å²) in [6.07, 6.45) is 5.87. The summed E-state index contributed by atoms with van der Waals surface area (Å²) in [7, 11) is 0. The van der Waals surface area contributed by atoms with Crippen molar-refractivity contribution in [1.82, 2.24) is 15.5 Å². The van der Waals surface area contributed by atoms with Crippen LogP contribution < -0.4 is 5.32 Å². The van der Waals surface area contributed by atoms with E-state index >= 15 is 0 Å². The highest BCUT2D eigenvalue weighted by Crippen LogP contribution is 2.40. The standard InChI is InChI=1S/C23H24FN3O2S/c1-16-13-19(27-29-16)14-30-22-20(5-4-12-25-22)21(28)26-15-23(10-2-3-11-23)17-6-8-18(24)9-7-17/h4-9,12-13H,2-3,10-11,14-15H2,1H3,(H,26,28). The van der Waals surface area contributed by atoms with E-state index < -0.39 is 0 Å². The zero-order valence-corrected chi connectivity index (χ0v) is 17.7. The highest BCUT2D eigenvalue weighted by Gasteiger charge is 2.36. The minimum atomic E-state index is -0.240.